The zero-order valence-corrected chi connectivity index (χ0v) is 20.7. The van der Waals surface area contributed by atoms with E-state index in [0.29, 0.717) is 36.5 Å². The third kappa shape index (κ3) is 5.35. The van der Waals surface area contributed by atoms with Gasteiger partial charge in [0, 0.05) is 11.6 Å². The van der Waals surface area contributed by atoms with Crippen LogP contribution in [0.5, 0.6) is 5.75 Å². The molecule has 0 bridgehead atoms. The third-order valence-corrected chi connectivity index (χ3v) is 7.12. The summed E-state index contributed by atoms with van der Waals surface area (Å²) in [6, 6.07) is 11.9. The number of nitrogens with zero attached hydrogens (tertiary/aromatic N) is 1. The number of aliphatic hydroxyl groups excluding tert-OH is 3. The Labute approximate surface area is 214 Å². The van der Waals surface area contributed by atoms with Gasteiger partial charge in [-0.3, -0.25) is 9.59 Å². The van der Waals surface area contributed by atoms with Crippen molar-refractivity contribution < 1.29 is 34.4 Å². The molecule has 2 amide bonds. The molecule has 0 aromatic heterocycles. The number of nitrogens with two attached hydrogens (primary N) is 1. The summed E-state index contributed by atoms with van der Waals surface area (Å²) in [5, 5.41) is 32.3. The minimum absolute atomic E-state index is 0.287. The lowest BCUT2D eigenvalue weighted by Gasteiger charge is -2.41. The van der Waals surface area contributed by atoms with E-state index in [2.05, 4.69) is 0 Å². The Morgan fingerprint density at radius 2 is 1.83 bits per heavy atom. The molecule has 0 aliphatic carbocycles. The molecule has 2 fully saturated rings. The van der Waals surface area contributed by atoms with Crippen LogP contribution >= 0.6 is 11.6 Å². The SMILES string of the molecule is CCOc1ccc(Cc2cc([C@@H]3O[C@H](C(=O)N4CCCC4C(N)=O)[C@@H](O)[C@H](O)[C@H]3O)ccc2Cl)cc1. The van der Waals surface area contributed by atoms with Crippen molar-refractivity contribution in [3.8, 4) is 5.75 Å². The summed E-state index contributed by atoms with van der Waals surface area (Å²) in [6.07, 6.45) is -5.89. The van der Waals surface area contributed by atoms with Crippen LogP contribution in [0.25, 0.3) is 0 Å². The number of carbonyl (C=O) groups is 2. The number of benzene rings is 2. The lowest BCUT2D eigenvalue weighted by atomic mass is 9.89. The molecule has 10 heteroatoms. The highest BCUT2D eigenvalue weighted by Gasteiger charge is 2.49. The number of halogens is 1. The Hall–Kier alpha value is -2.69. The summed E-state index contributed by atoms with van der Waals surface area (Å²) < 4.78 is 11.4. The zero-order valence-electron chi connectivity index (χ0n) is 19.9. The van der Waals surface area contributed by atoms with Gasteiger partial charge in [-0.15, -0.1) is 0 Å². The van der Waals surface area contributed by atoms with Crippen LogP contribution in [0.4, 0.5) is 0 Å². The number of ether oxygens (including phenoxy) is 2. The van der Waals surface area contributed by atoms with Crippen LogP contribution in [0.1, 0.15) is 42.6 Å². The molecular formula is C26H31ClN2O7. The molecule has 0 radical (unpaired) electrons. The van der Waals surface area contributed by atoms with Gasteiger partial charge < -0.3 is 35.4 Å². The molecule has 0 spiro atoms. The molecule has 2 heterocycles. The number of hydrogen-bond donors (Lipinski definition) is 4. The van der Waals surface area contributed by atoms with Crippen molar-refractivity contribution in [3.63, 3.8) is 0 Å². The Morgan fingerprint density at radius 3 is 2.50 bits per heavy atom. The van der Waals surface area contributed by atoms with E-state index in [1.807, 2.05) is 31.2 Å². The lowest BCUT2D eigenvalue weighted by molar-refractivity contribution is -0.227. The van der Waals surface area contributed by atoms with Crippen molar-refractivity contribution in [1.29, 1.82) is 0 Å². The summed E-state index contributed by atoms with van der Waals surface area (Å²) in [6.45, 7) is 2.77. The van der Waals surface area contributed by atoms with Crippen LogP contribution in [-0.2, 0) is 20.7 Å². The largest absolute Gasteiger partial charge is 0.494 e. The van der Waals surface area contributed by atoms with E-state index < -0.39 is 48.4 Å². The maximum atomic E-state index is 13.2. The summed E-state index contributed by atoms with van der Waals surface area (Å²) in [5.41, 5.74) is 7.66. The minimum atomic E-state index is -1.67. The standard InChI is InChI=1S/C26H31ClN2O7/c1-2-35-17-8-5-14(6-9-17)12-16-13-15(7-10-18(16)27)23-21(31)20(30)22(32)24(36-23)26(34)29-11-3-4-19(29)25(28)33/h5-10,13,19-24,30-32H,2-4,11-12H2,1H3,(H2,28,33)/t19?,20-,21-,22+,23+,24+/m1/s1. The predicted octanol–water partition coefficient (Wildman–Crippen LogP) is 1.33. The van der Waals surface area contributed by atoms with E-state index in [1.165, 1.54) is 4.90 Å². The number of carbonyl (C=O) groups excluding carboxylic acids is 2. The van der Waals surface area contributed by atoms with Crippen LogP contribution < -0.4 is 10.5 Å². The fourth-order valence-electron chi connectivity index (χ4n) is 4.85. The summed E-state index contributed by atoms with van der Waals surface area (Å²) in [7, 11) is 0. The normalized spacial score (nSPS) is 28.2. The second-order valence-corrected chi connectivity index (χ2v) is 9.55. The van der Waals surface area contributed by atoms with Gasteiger partial charge in [0.05, 0.1) is 6.61 Å². The maximum absolute atomic E-state index is 13.2. The molecule has 36 heavy (non-hydrogen) atoms. The molecule has 4 rings (SSSR count). The molecule has 2 aliphatic heterocycles. The van der Waals surface area contributed by atoms with Crippen LogP contribution in [0.2, 0.25) is 5.02 Å². The topological polar surface area (TPSA) is 143 Å². The smallest absolute Gasteiger partial charge is 0.255 e. The van der Waals surface area contributed by atoms with Gasteiger partial charge in [0.15, 0.2) is 6.10 Å². The van der Waals surface area contributed by atoms with Gasteiger partial charge >= 0.3 is 0 Å². The van der Waals surface area contributed by atoms with Gasteiger partial charge in [0.2, 0.25) is 5.91 Å². The van der Waals surface area contributed by atoms with Gasteiger partial charge in [0.25, 0.3) is 5.91 Å². The van der Waals surface area contributed by atoms with Crippen LogP contribution in [-0.4, -0.2) is 75.6 Å². The Morgan fingerprint density at radius 1 is 1.11 bits per heavy atom. The lowest BCUT2D eigenvalue weighted by Crippen LogP contribution is -2.60. The number of aliphatic hydroxyl groups is 3. The van der Waals surface area contributed by atoms with Crippen molar-refractivity contribution in [2.75, 3.05) is 13.2 Å². The molecule has 9 nitrogen and oxygen atoms in total. The molecule has 194 valence electrons. The molecule has 6 atom stereocenters. The number of rotatable bonds is 7. The van der Waals surface area contributed by atoms with Crippen LogP contribution in [0, 0.1) is 0 Å². The zero-order chi connectivity index (χ0) is 26.0. The van der Waals surface area contributed by atoms with Gasteiger partial charge in [-0.25, -0.2) is 0 Å². The maximum Gasteiger partial charge on any atom is 0.255 e. The molecule has 1 unspecified atom stereocenters. The Kier molecular flexibility index (Phi) is 8.17. The third-order valence-electron chi connectivity index (χ3n) is 6.75. The number of primary amides is 1. The van der Waals surface area contributed by atoms with Gasteiger partial charge in [-0.2, -0.15) is 0 Å². The second-order valence-electron chi connectivity index (χ2n) is 9.15. The fraction of sp³-hybridized carbons (Fsp3) is 0.462. The molecule has 2 aromatic carbocycles. The average molecular weight is 519 g/mol. The molecule has 2 aromatic rings. The van der Waals surface area contributed by atoms with Gasteiger partial charge in [-0.1, -0.05) is 35.9 Å². The first-order valence-corrected chi connectivity index (χ1v) is 12.4. The number of amides is 2. The summed E-state index contributed by atoms with van der Waals surface area (Å²) >= 11 is 6.44. The quantitative estimate of drug-likeness (QED) is 0.433. The van der Waals surface area contributed by atoms with E-state index in [0.717, 1.165) is 16.9 Å². The summed E-state index contributed by atoms with van der Waals surface area (Å²) in [4.78, 5) is 26.2. The highest BCUT2D eigenvalue weighted by molar-refractivity contribution is 6.31. The highest BCUT2D eigenvalue weighted by atomic mass is 35.5. The van der Waals surface area contributed by atoms with Crippen molar-refractivity contribution in [1.82, 2.24) is 4.90 Å². The second kappa shape index (κ2) is 11.1. The van der Waals surface area contributed by atoms with E-state index >= 15 is 0 Å². The van der Waals surface area contributed by atoms with Crippen molar-refractivity contribution in [2.45, 2.75) is 62.7 Å². The van der Waals surface area contributed by atoms with Crippen LogP contribution in [0.3, 0.4) is 0 Å². The first-order chi connectivity index (χ1) is 17.2. The van der Waals surface area contributed by atoms with E-state index in [-0.39, 0.29) is 6.54 Å². The van der Waals surface area contributed by atoms with Gasteiger partial charge in [-0.05, 0) is 61.1 Å². The Bertz CT molecular complexity index is 1100. The van der Waals surface area contributed by atoms with Crippen molar-refractivity contribution in [2.24, 2.45) is 5.73 Å². The molecule has 2 aliphatic rings. The minimum Gasteiger partial charge on any atom is -0.494 e. The number of hydrogen-bond acceptors (Lipinski definition) is 7. The Balaban J connectivity index is 1.57. The van der Waals surface area contributed by atoms with Gasteiger partial charge in [0.1, 0.15) is 36.2 Å². The van der Waals surface area contributed by atoms with Crippen LogP contribution in [0.15, 0.2) is 42.5 Å². The van der Waals surface area contributed by atoms with E-state index in [4.69, 9.17) is 26.8 Å². The monoisotopic (exact) mass is 518 g/mol. The number of likely N-dealkylation sites (tertiary alicyclic amines) is 1. The highest BCUT2D eigenvalue weighted by Crippen LogP contribution is 2.36. The molecule has 0 saturated carbocycles. The predicted molar refractivity (Wildman–Crippen MR) is 131 cm³/mol. The first-order valence-electron chi connectivity index (χ1n) is 12.0. The molecule has 5 N–H and O–H groups in total. The fourth-order valence-corrected chi connectivity index (χ4v) is 5.03. The molecular weight excluding hydrogens is 488 g/mol. The average Bonchev–Trinajstić information content (AvgIpc) is 3.36. The van der Waals surface area contributed by atoms with E-state index in [1.54, 1.807) is 18.2 Å². The first kappa shape index (κ1) is 26.4. The van der Waals surface area contributed by atoms with Crippen molar-refractivity contribution >= 4 is 23.4 Å². The summed E-state index contributed by atoms with van der Waals surface area (Å²) in [5.74, 6) is -0.525. The van der Waals surface area contributed by atoms with E-state index in [9.17, 15) is 24.9 Å². The molecule has 2 saturated heterocycles. The van der Waals surface area contributed by atoms with Crippen molar-refractivity contribution in [3.05, 3.63) is 64.2 Å².